The average Bonchev–Trinajstić information content (AvgIpc) is 3.13. The number of benzene rings is 2. The van der Waals surface area contributed by atoms with Crippen molar-refractivity contribution in [3.8, 4) is 16.9 Å². The molecule has 0 saturated carbocycles. The number of halogens is 2. The van der Waals surface area contributed by atoms with E-state index < -0.39 is 0 Å². The summed E-state index contributed by atoms with van der Waals surface area (Å²) in [7, 11) is 3.12. The zero-order valence-corrected chi connectivity index (χ0v) is 19.2. The van der Waals surface area contributed by atoms with Crippen LogP contribution >= 0.6 is 23.2 Å². The molecule has 4 aromatic rings. The molecule has 0 atom stereocenters. The van der Waals surface area contributed by atoms with E-state index in [1.807, 2.05) is 25.1 Å². The van der Waals surface area contributed by atoms with Crippen molar-refractivity contribution in [3.63, 3.8) is 0 Å². The molecule has 4 rings (SSSR count). The lowest BCUT2D eigenvalue weighted by molar-refractivity contribution is 0.102. The monoisotopic (exact) mass is 470 g/mol. The summed E-state index contributed by atoms with van der Waals surface area (Å²) in [5.41, 5.74) is 4.42. The van der Waals surface area contributed by atoms with Gasteiger partial charge >= 0.3 is 0 Å². The number of nitrogens with one attached hydrogen (secondary N) is 1. The molecule has 0 fully saturated rings. The Labute approximate surface area is 194 Å². The molecule has 0 radical (unpaired) electrons. The Morgan fingerprint density at radius 1 is 1.12 bits per heavy atom. The Kier molecular flexibility index (Phi) is 6.32. The molecule has 164 valence electrons. The summed E-state index contributed by atoms with van der Waals surface area (Å²) < 4.78 is 12.3. The molecular weight excluding hydrogens is 451 g/mol. The van der Waals surface area contributed by atoms with Crippen molar-refractivity contribution >= 4 is 40.4 Å². The molecule has 32 heavy (non-hydrogen) atoms. The third kappa shape index (κ3) is 4.14. The number of ether oxygens (including phenoxy) is 2. The maximum Gasteiger partial charge on any atom is 0.259 e. The van der Waals surface area contributed by atoms with Crippen LogP contribution in [0.5, 0.6) is 5.75 Å². The van der Waals surface area contributed by atoms with Crippen LogP contribution in [0.3, 0.4) is 0 Å². The van der Waals surface area contributed by atoms with Crippen LogP contribution in [-0.4, -0.2) is 34.7 Å². The number of hydrogen-bond acceptors (Lipinski definition) is 5. The Bertz CT molecular complexity index is 1320. The van der Waals surface area contributed by atoms with Crippen LogP contribution in [-0.2, 0) is 11.3 Å². The molecule has 0 spiro atoms. The second kappa shape index (κ2) is 9.16. The zero-order chi connectivity index (χ0) is 22.8. The van der Waals surface area contributed by atoms with Crippen molar-refractivity contribution in [3.05, 3.63) is 75.7 Å². The number of fused-ring (bicyclic) bond motifs is 1. The van der Waals surface area contributed by atoms with Gasteiger partial charge in [0.2, 0.25) is 0 Å². The van der Waals surface area contributed by atoms with Crippen LogP contribution in [0.2, 0.25) is 10.0 Å². The van der Waals surface area contributed by atoms with Crippen molar-refractivity contribution in [1.82, 2.24) is 14.6 Å². The predicted molar refractivity (Wildman–Crippen MR) is 125 cm³/mol. The highest BCUT2D eigenvalue weighted by Crippen LogP contribution is 2.32. The zero-order valence-electron chi connectivity index (χ0n) is 17.6. The van der Waals surface area contributed by atoms with E-state index in [4.69, 9.17) is 32.7 Å². The molecule has 0 aliphatic carbocycles. The standard InChI is InChI=1S/C23H20Cl2N4O3/c1-13-17(23(30)27-18-10-16(25)7-8-20(18)32-3)11-26-22-21(14-5-4-6-15(24)9-14)19(12-31-2)28-29(13)22/h4-11H,12H2,1-3H3,(H,27,30). The van der Waals surface area contributed by atoms with E-state index in [9.17, 15) is 4.79 Å². The molecule has 0 bridgehead atoms. The van der Waals surface area contributed by atoms with Crippen LogP contribution < -0.4 is 10.1 Å². The van der Waals surface area contributed by atoms with Crippen LogP contribution in [0.15, 0.2) is 48.7 Å². The molecule has 2 aromatic heterocycles. The number of rotatable bonds is 6. The maximum absolute atomic E-state index is 13.1. The van der Waals surface area contributed by atoms with Crippen LogP contribution in [0, 0.1) is 6.92 Å². The lowest BCUT2D eigenvalue weighted by atomic mass is 10.1. The highest BCUT2D eigenvalue weighted by Gasteiger charge is 2.21. The molecule has 0 saturated heterocycles. The average molecular weight is 471 g/mol. The molecule has 0 aliphatic rings. The molecule has 1 amide bonds. The fraction of sp³-hybridized carbons (Fsp3) is 0.174. The number of methoxy groups -OCH3 is 2. The minimum Gasteiger partial charge on any atom is -0.495 e. The number of amides is 1. The lowest BCUT2D eigenvalue weighted by Crippen LogP contribution is -2.16. The van der Waals surface area contributed by atoms with E-state index in [1.54, 1.807) is 35.9 Å². The number of carbonyl (C=O) groups excluding carboxylic acids is 1. The number of aryl methyl sites for hydroxylation is 1. The van der Waals surface area contributed by atoms with Gasteiger partial charge in [0, 0.05) is 23.4 Å². The minimum atomic E-state index is -0.356. The fourth-order valence-electron chi connectivity index (χ4n) is 3.51. The third-order valence-corrected chi connectivity index (χ3v) is 5.48. The van der Waals surface area contributed by atoms with Gasteiger partial charge in [0.05, 0.1) is 41.9 Å². The molecule has 2 aromatic carbocycles. The van der Waals surface area contributed by atoms with Gasteiger partial charge in [-0.15, -0.1) is 0 Å². The van der Waals surface area contributed by atoms with E-state index in [1.165, 1.54) is 13.3 Å². The van der Waals surface area contributed by atoms with Crippen molar-refractivity contribution in [1.29, 1.82) is 0 Å². The topological polar surface area (TPSA) is 77.8 Å². The van der Waals surface area contributed by atoms with Gasteiger partial charge in [-0.1, -0.05) is 35.3 Å². The van der Waals surface area contributed by atoms with E-state index in [0.29, 0.717) is 44.1 Å². The summed E-state index contributed by atoms with van der Waals surface area (Å²) >= 11 is 12.3. The smallest absolute Gasteiger partial charge is 0.259 e. The Morgan fingerprint density at radius 3 is 2.62 bits per heavy atom. The van der Waals surface area contributed by atoms with Gasteiger partial charge in [-0.25, -0.2) is 9.50 Å². The normalized spacial score (nSPS) is 11.0. The van der Waals surface area contributed by atoms with E-state index in [0.717, 1.165) is 11.1 Å². The van der Waals surface area contributed by atoms with Gasteiger partial charge in [0.25, 0.3) is 5.91 Å². The summed E-state index contributed by atoms with van der Waals surface area (Å²) in [5.74, 6) is 0.143. The lowest BCUT2D eigenvalue weighted by Gasteiger charge is -2.12. The SMILES string of the molecule is COCc1nn2c(C)c(C(=O)Nc3cc(Cl)ccc3OC)cnc2c1-c1cccc(Cl)c1. The van der Waals surface area contributed by atoms with E-state index in [2.05, 4.69) is 15.4 Å². The van der Waals surface area contributed by atoms with Crippen molar-refractivity contribution in [2.45, 2.75) is 13.5 Å². The Balaban J connectivity index is 1.79. The van der Waals surface area contributed by atoms with Crippen LogP contribution in [0.25, 0.3) is 16.8 Å². The van der Waals surface area contributed by atoms with Crippen molar-refractivity contribution < 1.29 is 14.3 Å². The molecular formula is C23H20Cl2N4O3. The quantitative estimate of drug-likeness (QED) is 0.407. The highest BCUT2D eigenvalue weighted by molar-refractivity contribution is 6.31. The first-order chi connectivity index (χ1) is 15.4. The largest absolute Gasteiger partial charge is 0.495 e. The first kappa shape index (κ1) is 22.1. The number of aromatic nitrogens is 3. The molecule has 7 nitrogen and oxygen atoms in total. The Hall–Kier alpha value is -3.13. The molecule has 0 unspecified atom stereocenters. The summed E-state index contributed by atoms with van der Waals surface area (Å²) in [6.45, 7) is 2.09. The first-order valence-electron chi connectivity index (χ1n) is 9.70. The summed E-state index contributed by atoms with van der Waals surface area (Å²) in [4.78, 5) is 17.6. The number of hydrogen-bond donors (Lipinski definition) is 1. The van der Waals surface area contributed by atoms with Gasteiger partial charge in [0.15, 0.2) is 5.65 Å². The van der Waals surface area contributed by atoms with Gasteiger partial charge in [-0.2, -0.15) is 5.10 Å². The number of anilines is 1. The highest BCUT2D eigenvalue weighted by atomic mass is 35.5. The van der Waals surface area contributed by atoms with Crippen LogP contribution in [0.1, 0.15) is 21.7 Å². The Morgan fingerprint density at radius 2 is 1.91 bits per heavy atom. The summed E-state index contributed by atoms with van der Waals surface area (Å²) in [6.07, 6.45) is 1.53. The van der Waals surface area contributed by atoms with Crippen molar-refractivity contribution in [2.24, 2.45) is 0 Å². The fourth-order valence-corrected chi connectivity index (χ4v) is 3.87. The van der Waals surface area contributed by atoms with Gasteiger partial charge in [-0.05, 0) is 42.8 Å². The maximum atomic E-state index is 13.1. The summed E-state index contributed by atoms with van der Waals surface area (Å²) in [6, 6.07) is 12.5. The molecule has 1 N–H and O–H groups in total. The van der Waals surface area contributed by atoms with Crippen molar-refractivity contribution in [2.75, 3.05) is 19.5 Å². The second-order valence-electron chi connectivity index (χ2n) is 7.06. The minimum absolute atomic E-state index is 0.284. The first-order valence-corrected chi connectivity index (χ1v) is 10.5. The molecule has 2 heterocycles. The van der Waals surface area contributed by atoms with Gasteiger partial charge < -0.3 is 14.8 Å². The molecule has 0 aliphatic heterocycles. The second-order valence-corrected chi connectivity index (χ2v) is 7.93. The number of carbonyl (C=O) groups is 1. The predicted octanol–water partition coefficient (Wildman–Crippen LogP) is 5.42. The van der Waals surface area contributed by atoms with Gasteiger partial charge in [-0.3, -0.25) is 4.79 Å². The van der Waals surface area contributed by atoms with E-state index >= 15 is 0 Å². The number of nitrogens with zero attached hydrogens (tertiary/aromatic N) is 3. The summed E-state index contributed by atoms with van der Waals surface area (Å²) in [5, 5.41) is 8.59. The van der Waals surface area contributed by atoms with Crippen LogP contribution in [0.4, 0.5) is 5.69 Å². The molecule has 9 heteroatoms. The van der Waals surface area contributed by atoms with E-state index in [-0.39, 0.29) is 12.5 Å². The third-order valence-electron chi connectivity index (χ3n) is 5.01. The van der Waals surface area contributed by atoms with Gasteiger partial charge in [0.1, 0.15) is 5.75 Å².